The van der Waals surface area contributed by atoms with E-state index in [0.29, 0.717) is 0 Å². The van der Waals surface area contributed by atoms with Crippen molar-refractivity contribution in [3.8, 4) is 44.5 Å². The van der Waals surface area contributed by atoms with Crippen molar-refractivity contribution in [2.75, 3.05) is 16.0 Å². The molecule has 15 aromatic carbocycles. The Balaban J connectivity index is 0.000000115. The molecule has 3 aliphatic rings. The quantitative estimate of drug-likeness (QED) is 0.121. The van der Waals surface area contributed by atoms with Gasteiger partial charge in [-0.3, -0.25) is 0 Å². The molecule has 0 aliphatic heterocycles. The number of benzene rings is 15. The fourth-order valence-electron chi connectivity index (χ4n) is 15.5. The Morgan fingerprint density at radius 2 is 0.479 bits per heavy atom. The van der Waals surface area contributed by atoms with Crippen molar-refractivity contribution in [2.24, 2.45) is 0 Å². The van der Waals surface area contributed by atoms with E-state index in [9.17, 15) is 0 Å². The highest BCUT2D eigenvalue weighted by molar-refractivity contribution is 5.91. The minimum absolute atomic E-state index is 0.0347. The third kappa shape index (κ3) is 10.5. The molecular weight excluding hydrogens is 1160 g/mol. The van der Waals surface area contributed by atoms with Gasteiger partial charge in [0.05, 0.1) is 10.8 Å². The second-order valence-corrected chi connectivity index (χ2v) is 25.8. The summed E-state index contributed by atoms with van der Waals surface area (Å²) in [5.41, 5.74) is 29.5. The molecule has 0 bridgehead atoms. The molecule has 18 rings (SSSR count). The second-order valence-electron chi connectivity index (χ2n) is 25.8. The van der Waals surface area contributed by atoms with Gasteiger partial charge in [-0.15, -0.1) is 0 Å². The highest BCUT2D eigenvalue weighted by Crippen LogP contribution is 2.59. The van der Waals surface area contributed by atoms with Crippen LogP contribution in [0.5, 0.6) is 0 Å². The molecule has 0 aromatic heterocycles. The smallest absolute Gasteiger partial charge is 0.0714 e. The Hall–Kier alpha value is -12.0. The molecule has 3 aliphatic carbocycles. The predicted molar refractivity (Wildman–Crippen MR) is 404 cm³/mol. The van der Waals surface area contributed by atoms with Crippen LogP contribution in [0.25, 0.3) is 55.3 Å². The van der Waals surface area contributed by atoms with Crippen LogP contribution in [0.3, 0.4) is 0 Å². The summed E-state index contributed by atoms with van der Waals surface area (Å²) >= 11 is 0. The lowest BCUT2D eigenvalue weighted by atomic mass is 9.67. The minimum atomic E-state index is -0.386. The van der Waals surface area contributed by atoms with E-state index < -0.39 is 0 Å². The molecule has 0 saturated carbocycles. The summed E-state index contributed by atoms with van der Waals surface area (Å²) < 4.78 is 0. The number of rotatable bonds is 11. The lowest BCUT2D eigenvalue weighted by Crippen LogP contribution is -2.28. The number of anilines is 6. The summed E-state index contributed by atoms with van der Waals surface area (Å²) in [6, 6.07) is 135. The first kappa shape index (κ1) is 59.0. The molecule has 3 heteroatoms. The van der Waals surface area contributed by atoms with Crippen molar-refractivity contribution in [3.63, 3.8) is 0 Å². The van der Waals surface area contributed by atoms with Crippen LogP contribution in [-0.2, 0) is 16.2 Å². The monoisotopic (exact) mass is 1230 g/mol. The van der Waals surface area contributed by atoms with Crippen LogP contribution in [0.15, 0.2) is 376 Å². The Morgan fingerprint density at radius 3 is 0.948 bits per heavy atom. The van der Waals surface area contributed by atoms with Crippen LogP contribution in [0.1, 0.15) is 69.5 Å². The molecule has 0 saturated heterocycles. The predicted octanol–water partition coefficient (Wildman–Crippen LogP) is 24.1. The first-order valence-corrected chi connectivity index (χ1v) is 33.3. The van der Waals surface area contributed by atoms with Crippen molar-refractivity contribution < 1.29 is 0 Å². The molecule has 0 heterocycles. The average molecular weight is 1230 g/mol. The maximum Gasteiger partial charge on any atom is 0.0714 e. The molecule has 3 nitrogen and oxygen atoms in total. The normalized spacial score (nSPS) is 13.4. The number of fused-ring (bicyclic) bond motifs is 10. The zero-order valence-corrected chi connectivity index (χ0v) is 53.8. The Labute approximate surface area is 563 Å². The fraction of sp³-hybridized carbons (Fsp3) is 0.0538. The van der Waals surface area contributed by atoms with E-state index >= 15 is 0 Å². The molecule has 15 aromatic rings. The molecule has 3 N–H and O–H groups in total. The van der Waals surface area contributed by atoms with E-state index in [4.69, 9.17) is 0 Å². The Kier molecular flexibility index (Phi) is 15.4. The van der Waals surface area contributed by atoms with Crippen molar-refractivity contribution in [3.05, 3.63) is 432 Å². The largest absolute Gasteiger partial charge is 0.356 e. The molecule has 0 spiro atoms. The highest BCUT2D eigenvalue weighted by atomic mass is 14.9. The maximum atomic E-state index is 3.68. The molecule has 96 heavy (non-hydrogen) atoms. The molecule has 0 radical (unpaired) electrons. The molecule has 0 fully saturated rings. The second kappa shape index (κ2) is 25.1. The minimum Gasteiger partial charge on any atom is -0.356 e. The molecule has 0 unspecified atom stereocenters. The average Bonchev–Trinajstić information content (AvgIpc) is 1.54. The number of para-hydroxylation sites is 1. The zero-order chi connectivity index (χ0) is 64.5. The third-order valence-corrected chi connectivity index (χ3v) is 19.9. The van der Waals surface area contributed by atoms with Gasteiger partial charge in [-0.1, -0.05) is 317 Å². The van der Waals surface area contributed by atoms with Crippen molar-refractivity contribution in [1.29, 1.82) is 0 Å². The summed E-state index contributed by atoms with van der Waals surface area (Å²) in [6.07, 6.45) is 0. The summed E-state index contributed by atoms with van der Waals surface area (Å²) in [5, 5.41) is 13.4. The van der Waals surface area contributed by atoms with E-state index in [2.05, 4.69) is 400 Å². The third-order valence-electron chi connectivity index (χ3n) is 19.9. The number of nitrogens with one attached hydrogen (secondary N) is 3. The SMILES string of the molecule is CC1(C)c2ccccc2-c2ccc(Nc3ccc4ccccc4c3)cc21.c1ccc(-c2ccc(Nc3ccc4c(c3)C(c3ccccc3)(c3ccccc3)c3ccccc3-4)cc2)cc1.c1ccc(Nc2ccc3c(c2)C(c2ccccc2)(c2ccccc2)c2ccccc2-3)cc1. The zero-order valence-electron chi connectivity index (χ0n) is 53.8. The van der Waals surface area contributed by atoms with Gasteiger partial charge in [0.1, 0.15) is 0 Å². The van der Waals surface area contributed by atoms with Crippen molar-refractivity contribution in [1.82, 2.24) is 0 Å². The van der Waals surface area contributed by atoms with Gasteiger partial charge in [-0.05, 0) is 184 Å². The van der Waals surface area contributed by atoms with Crippen LogP contribution >= 0.6 is 0 Å². The summed E-state index contributed by atoms with van der Waals surface area (Å²) in [5.74, 6) is 0. The number of hydrogen-bond acceptors (Lipinski definition) is 3. The van der Waals surface area contributed by atoms with Crippen molar-refractivity contribution in [2.45, 2.75) is 30.1 Å². The maximum absolute atomic E-state index is 3.68. The standard InChI is InChI=1S/C37H27N.C31H23N.C25H21N/c1-4-12-27(13-5-1)28-20-22-31(23-21-28)38-32-24-25-34-33-18-10-11-19-35(33)37(36(34)26-32,29-14-6-2-7-15-29)30-16-8-3-9-17-30;1-4-12-23(13-5-1)31(24-14-6-2-7-15-24)29-19-11-10-18-27(29)28-21-20-26(22-30(28)31)32-25-16-8-3-9-17-25;1-25(2)23-10-6-5-9-21(23)22-14-13-20(16-24(22)25)26-19-12-11-17-7-3-4-8-18(17)15-19/h1-26,38H;1-22,32H;3-16,26H,1-2H3. The van der Waals surface area contributed by atoms with Gasteiger partial charge in [-0.2, -0.15) is 0 Å². The van der Waals surface area contributed by atoms with Gasteiger partial charge in [0.2, 0.25) is 0 Å². The summed E-state index contributed by atoms with van der Waals surface area (Å²) in [4.78, 5) is 0. The number of hydrogen-bond donors (Lipinski definition) is 3. The van der Waals surface area contributed by atoms with E-state index in [-0.39, 0.29) is 16.2 Å². The molecule has 458 valence electrons. The van der Waals surface area contributed by atoms with Gasteiger partial charge in [0, 0.05) is 39.5 Å². The highest BCUT2D eigenvalue weighted by Gasteiger charge is 2.47. The van der Waals surface area contributed by atoms with E-state index in [1.807, 2.05) is 6.07 Å². The van der Waals surface area contributed by atoms with Crippen LogP contribution in [0.2, 0.25) is 0 Å². The van der Waals surface area contributed by atoms with Crippen LogP contribution in [-0.4, -0.2) is 0 Å². The first-order valence-electron chi connectivity index (χ1n) is 33.3. The van der Waals surface area contributed by atoms with Gasteiger partial charge in [0.25, 0.3) is 0 Å². The summed E-state index contributed by atoms with van der Waals surface area (Å²) in [7, 11) is 0. The van der Waals surface area contributed by atoms with Gasteiger partial charge in [-0.25, -0.2) is 0 Å². The lowest BCUT2D eigenvalue weighted by Gasteiger charge is -2.34. The van der Waals surface area contributed by atoms with Gasteiger partial charge in [0.15, 0.2) is 0 Å². The molecule has 0 atom stereocenters. The Bertz CT molecular complexity index is 5180. The topological polar surface area (TPSA) is 36.1 Å². The van der Waals surface area contributed by atoms with Crippen LogP contribution in [0, 0.1) is 0 Å². The van der Waals surface area contributed by atoms with Crippen LogP contribution < -0.4 is 16.0 Å². The van der Waals surface area contributed by atoms with E-state index in [1.165, 1.54) is 111 Å². The van der Waals surface area contributed by atoms with Crippen molar-refractivity contribution >= 4 is 44.9 Å². The molecule has 0 amide bonds. The lowest BCUT2D eigenvalue weighted by molar-refractivity contribution is 0.660. The van der Waals surface area contributed by atoms with Gasteiger partial charge < -0.3 is 16.0 Å². The molecular formula is C93H71N3. The fourth-order valence-corrected chi connectivity index (χ4v) is 15.5. The first-order chi connectivity index (χ1) is 47.3. The van der Waals surface area contributed by atoms with E-state index in [0.717, 1.165) is 34.1 Å². The Morgan fingerprint density at radius 1 is 0.188 bits per heavy atom. The summed E-state index contributed by atoms with van der Waals surface area (Å²) in [6.45, 7) is 4.63. The van der Waals surface area contributed by atoms with Gasteiger partial charge >= 0.3 is 0 Å². The van der Waals surface area contributed by atoms with E-state index in [1.54, 1.807) is 0 Å². The van der Waals surface area contributed by atoms with Crippen LogP contribution in [0.4, 0.5) is 34.1 Å².